The molecule has 0 N–H and O–H groups in total. The van der Waals surface area contributed by atoms with Crippen LogP contribution in [-0.4, -0.2) is 18.2 Å². The quantitative estimate of drug-likeness (QED) is 0.243. The Labute approximate surface area is 161 Å². The van der Waals surface area contributed by atoms with Crippen LogP contribution in [0.5, 0.6) is 0 Å². The Hall–Kier alpha value is -2.08. The molecule has 0 atom stereocenters. The van der Waals surface area contributed by atoms with Crippen molar-refractivity contribution in [1.82, 2.24) is 0 Å². The monoisotopic (exact) mass is 378 g/mol. The van der Waals surface area contributed by atoms with Crippen LogP contribution in [0.2, 0.25) is 0 Å². The fraction of sp³-hybridized carbons (Fsp3) is 0.619. The van der Waals surface area contributed by atoms with Gasteiger partial charge < -0.3 is 4.74 Å². The molecule has 1 aromatic carbocycles. The van der Waals surface area contributed by atoms with Gasteiger partial charge in [-0.15, -0.1) is 0 Å². The zero-order chi connectivity index (χ0) is 19.5. The molecule has 0 aliphatic heterocycles. The standard InChI is InChI=1S/C21H30O6/c1-3-4-5-6-7-17-10-12-18(13-11-17)20(22)25-27-26-21(23)24-19-14-8-16(2)9-15-19/h10-13,16,19H,3-9,14-15H2,1-2H3. The molecule has 1 aliphatic rings. The molecule has 2 rings (SSSR count). The van der Waals surface area contributed by atoms with Gasteiger partial charge in [0.05, 0.1) is 10.6 Å². The van der Waals surface area contributed by atoms with E-state index in [1.807, 2.05) is 12.1 Å². The van der Waals surface area contributed by atoms with E-state index in [1.165, 1.54) is 24.8 Å². The van der Waals surface area contributed by atoms with Crippen molar-refractivity contribution in [2.75, 3.05) is 0 Å². The normalized spacial score (nSPS) is 19.3. The van der Waals surface area contributed by atoms with Crippen molar-refractivity contribution in [3.05, 3.63) is 35.4 Å². The van der Waals surface area contributed by atoms with Gasteiger partial charge in [-0.3, -0.25) is 4.89 Å². The number of carbonyl (C=O) groups is 2. The Morgan fingerprint density at radius 2 is 1.67 bits per heavy atom. The van der Waals surface area contributed by atoms with Crippen molar-refractivity contribution >= 4 is 12.1 Å². The van der Waals surface area contributed by atoms with Crippen LogP contribution in [-0.2, 0) is 26.0 Å². The minimum absolute atomic E-state index is 0.169. The van der Waals surface area contributed by atoms with E-state index in [1.54, 1.807) is 12.1 Å². The largest absolute Gasteiger partial charge is 0.543 e. The van der Waals surface area contributed by atoms with Gasteiger partial charge in [-0.1, -0.05) is 45.2 Å². The maximum Gasteiger partial charge on any atom is 0.543 e. The average Bonchev–Trinajstić information content (AvgIpc) is 2.67. The molecule has 0 aromatic heterocycles. The van der Waals surface area contributed by atoms with Crippen LogP contribution in [0.3, 0.4) is 0 Å². The molecule has 0 radical (unpaired) electrons. The third-order valence-electron chi connectivity index (χ3n) is 4.95. The van der Waals surface area contributed by atoms with Crippen LogP contribution in [0.15, 0.2) is 24.3 Å². The fourth-order valence-corrected chi connectivity index (χ4v) is 3.19. The minimum Gasteiger partial charge on any atom is -0.429 e. The first-order valence-electron chi connectivity index (χ1n) is 9.93. The van der Waals surface area contributed by atoms with Crippen LogP contribution in [0.4, 0.5) is 4.79 Å². The van der Waals surface area contributed by atoms with Crippen molar-refractivity contribution in [2.45, 2.75) is 77.7 Å². The highest BCUT2D eigenvalue weighted by molar-refractivity contribution is 5.88. The minimum atomic E-state index is -0.996. The number of rotatable bonds is 9. The van der Waals surface area contributed by atoms with E-state index in [0.29, 0.717) is 11.5 Å². The maximum atomic E-state index is 11.9. The molecule has 6 nitrogen and oxygen atoms in total. The first-order chi connectivity index (χ1) is 13.1. The molecule has 0 saturated heterocycles. The van der Waals surface area contributed by atoms with Crippen LogP contribution in [0.25, 0.3) is 0 Å². The summed E-state index contributed by atoms with van der Waals surface area (Å²) < 4.78 is 5.12. The number of aryl methyl sites for hydroxylation is 1. The van der Waals surface area contributed by atoms with E-state index in [2.05, 4.69) is 28.7 Å². The predicted molar refractivity (Wildman–Crippen MR) is 99.8 cm³/mol. The number of ether oxygens (including phenoxy) is 1. The topological polar surface area (TPSA) is 71.1 Å². The van der Waals surface area contributed by atoms with Crippen molar-refractivity contribution in [2.24, 2.45) is 5.92 Å². The van der Waals surface area contributed by atoms with Crippen molar-refractivity contribution < 1.29 is 29.1 Å². The van der Waals surface area contributed by atoms with Gasteiger partial charge in [-0.05, 0) is 62.1 Å². The Bertz CT molecular complexity index is 575. The summed E-state index contributed by atoms with van der Waals surface area (Å²) in [5, 5.41) is 4.27. The van der Waals surface area contributed by atoms with Gasteiger partial charge in [0, 0.05) is 0 Å². The van der Waals surface area contributed by atoms with E-state index in [0.717, 1.165) is 38.5 Å². The Morgan fingerprint density at radius 3 is 2.33 bits per heavy atom. The molecule has 0 unspecified atom stereocenters. The highest BCUT2D eigenvalue weighted by Gasteiger charge is 2.23. The van der Waals surface area contributed by atoms with Gasteiger partial charge in [0.2, 0.25) is 0 Å². The zero-order valence-corrected chi connectivity index (χ0v) is 16.3. The molecule has 1 aliphatic carbocycles. The molecule has 0 heterocycles. The summed E-state index contributed by atoms with van der Waals surface area (Å²) in [5.74, 6) is -0.0763. The van der Waals surface area contributed by atoms with Gasteiger partial charge in [0.25, 0.3) is 0 Å². The smallest absolute Gasteiger partial charge is 0.429 e. The molecular weight excluding hydrogens is 348 g/mol. The van der Waals surface area contributed by atoms with Gasteiger partial charge in [0.15, 0.2) is 0 Å². The lowest BCUT2D eigenvalue weighted by Crippen LogP contribution is -2.24. The summed E-state index contributed by atoms with van der Waals surface area (Å²) in [6, 6.07) is 7.12. The first kappa shape index (κ1) is 21.2. The lowest BCUT2D eigenvalue weighted by molar-refractivity contribution is -0.453. The second-order valence-electron chi connectivity index (χ2n) is 7.28. The molecule has 6 heteroatoms. The Kier molecular flexibility index (Phi) is 9.11. The lowest BCUT2D eigenvalue weighted by Gasteiger charge is -2.24. The molecule has 0 amide bonds. The molecule has 1 aromatic rings. The van der Waals surface area contributed by atoms with E-state index >= 15 is 0 Å². The van der Waals surface area contributed by atoms with Gasteiger partial charge in [-0.2, -0.15) is 0 Å². The van der Waals surface area contributed by atoms with Gasteiger partial charge in [0.1, 0.15) is 6.10 Å². The number of hydrogen-bond acceptors (Lipinski definition) is 6. The molecule has 150 valence electrons. The van der Waals surface area contributed by atoms with Crippen LogP contribution in [0.1, 0.15) is 81.1 Å². The van der Waals surface area contributed by atoms with E-state index < -0.39 is 12.1 Å². The SMILES string of the molecule is CCCCCCc1ccc(C(=O)OOOC(=O)OC2CCC(C)CC2)cc1. The molecule has 1 fully saturated rings. The van der Waals surface area contributed by atoms with Crippen LogP contribution in [0, 0.1) is 5.92 Å². The second kappa shape index (κ2) is 11.6. The van der Waals surface area contributed by atoms with E-state index in [4.69, 9.17) is 4.74 Å². The first-order valence-corrected chi connectivity index (χ1v) is 9.93. The molecular formula is C21H30O6. The number of carbonyl (C=O) groups excluding carboxylic acids is 2. The molecule has 1 saturated carbocycles. The third-order valence-corrected chi connectivity index (χ3v) is 4.95. The van der Waals surface area contributed by atoms with Crippen molar-refractivity contribution in [1.29, 1.82) is 0 Å². The van der Waals surface area contributed by atoms with Gasteiger partial charge in [-0.25, -0.2) is 14.5 Å². The zero-order valence-electron chi connectivity index (χ0n) is 16.3. The average molecular weight is 378 g/mol. The van der Waals surface area contributed by atoms with E-state index in [-0.39, 0.29) is 6.10 Å². The molecule has 0 spiro atoms. The Balaban J connectivity index is 1.64. The lowest BCUT2D eigenvalue weighted by atomic mass is 9.89. The number of unbranched alkanes of at least 4 members (excludes halogenated alkanes) is 3. The summed E-state index contributed by atoms with van der Waals surface area (Å²) in [4.78, 5) is 32.3. The maximum absolute atomic E-state index is 11.9. The summed E-state index contributed by atoms with van der Waals surface area (Å²) in [5.41, 5.74) is 1.50. The summed E-state index contributed by atoms with van der Waals surface area (Å²) >= 11 is 0. The fourth-order valence-electron chi connectivity index (χ4n) is 3.19. The summed E-state index contributed by atoms with van der Waals surface area (Å²) in [6.45, 7) is 4.36. The third kappa shape index (κ3) is 7.99. The highest BCUT2D eigenvalue weighted by Crippen LogP contribution is 2.25. The van der Waals surface area contributed by atoms with Crippen LogP contribution >= 0.6 is 0 Å². The molecule has 0 bridgehead atoms. The van der Waals surface area contributed by atoms with E-state index in [9.17, 15) is 9.59 Å². The van der Waals surface area contributed by atoms with Crippen molar-refractivity contribution in [3.8, 4) is 0 Å². The highest BCUT2D eigenvalue weighted by atomic mass is 17.5. The van der Waals surface area contributed by atoms with Crippen molar-refractivity contribution in [3.63, 3.8) is 0 Å². The van der Waals surface area contributed by atoms with Gasteiger partial charge >= 0.3 is 12.1 Å². The molecule has 27 heavy (non-hydrogen) atoms. The van der Waals surface area contributed by atoms with Crippen LogP contribution < -0.4 is 0 Å². The number of hydrogen-bond donors (Lipinski definition) is 0. The Morgan fingerprint density at radius 1 is 0.963 bits per heavy atom. The summed E-state index contributed by atoms with van der Waals surface area (Å²) in [7, 11) is 0. The predicted octanol–water partition coefficient (Wildman–Crippen LogP) is 5.54. The number of benzene rings is 1. The summed E-state index contributed by atoms with van der Waals surface area (Å²) in [6.07, 6.45) is 8.26. The second-order valence-corrected chi connectivity index (χ2v) is 7.28.